The molecule has 0 saturated carbocycles. The van der Waals surface area contributed by atoms with E-state index in [0.717, 1.165) is 0 Å². The van der Waals surface area contributed by atoms with Gasteiger partial charge in [0.2, 0.25) is 0 Å². The Bertz CT molecular complexity index is 999. The first-order chi connectivity index (χ1) is 13.5. The van der Waals surface area contributed by atoms with Crippen molar-refractivity contribution in [2.75, 3.05) is 10.6 Å². The molecule has 3 rings (SSSR count). The molecule has 0 fully saturated rings. The molecule has 2 aromatic carbocycles. The number of hydrogen-bond donors (Lipinski definition) is 2. The zero-order valence-electron chi connectivity index (χ0n) is 15.1. The summed E-state index contributed by atoms with van der Waals surface area (Å²) in [6.45, 7) is 1.71. The van der Waals surface area contributed by atoms with Gasteiger partial charge in [0, 0.05) is 29.4 Å². The molecule has 142 valence electrons. The molecule has 1 heterocycles. The van der Waals surface area contributed by atoms with E-state index >= 15 is 0 Å². The van der Waals surface area contributed by atoms with Crippen LogP contribution in [0.1, 0.15) is 33.4 Å². The van der Waals surface area contributed by atoms with E-state index in [1.165, 1.54) is 11.3 Å². The molecule has 0 saturated heterocycles. The number of thiophene rings is 1. The van der Waals surface area contributed by atoms with E-state index in [1.807, 2.05) is 5.38 Å². The lowest BCUT2D eigenvalue weighted by Crippen LogP contribution is -2.14. The standard InChI is InChI=1S/C21H18N2O4S/c1-2-19(24)27-17-9-4-8-16(13-17)22-20(25)14-6-3-7-15(12-14)23-21(26)18-10-5-11-28-18/h3-13H,2H2,1H3,(H,22,25)(H,23,26). The number of nitrogens with one attached hydrogen (secondary N) is 2. The van der Waals surface area contributed by atoms with Crippen molar-refractivity contribution in [3.8, 4) is 5.75 Å². The molecule has 0 unspecified atom stereocenters. The van der Waals surface area contributed by atoms with Gasteiger partial charge < -0.3 is 15.4 Å². The van der Waals surface area contributed by atoms with Gasteiger partial charge in [0.15, 0.2) is 0 Å². The van der Waals surface area contributed by atoms with E-state index in [1.54, 1.807) is 67.6 Å². The Morgan fingerprint density at radius 3 is 2.32 bits per heavy atom. The van der Waals surface area contributed by atoms with Crippen molar-refractivity contribution < 1.29 is 19.1 Å². The summed E-state index contributed by atoms with van der Waals surface area (Å²) in [4.78, 5) is 36.7. The van der Waals surface area contributed by atoms with Crippen molar-refractivity contribution in [2.24, 2.45) is 0 Å². The minimum atomic E-state index is -0.349. The van der Waals surface area contributed by atoms with Crippen LogP contribution in [-0.4, -0.2) is 17.8 Å². The summed E-state index contributed by atoms with van der Waals surface area (Å²) in [6, 6.07) is 16.8. The number of hydrogen-bond acceptors (Lipinski definition) is 5. The van der Waals surface area contributed by atoms with E-state index in [0.29, 0.717) is 27.6 Å². The molecule has 7 heteroatoms. The van der Waals surface area contributed by atoms with Crippen molar-refractivity contribution in [2.45, 2.75) is 13.3 Å². The second-order valence-electron chi connectivity index (χ2n) is 5.82. The minimum absolute atomic E-state index is 0.224. The zero-order valence-corrected chi connectivity index (χ0v) is 15.9. The number of carbonyl (C=O) groups is 3. The Morgan fingerprint density at radius 1 is 0.893 bits per heavy atom. The monoisotopic (exact) mass is 394 g/mol. The molecule has 3 aromatic rings. The van der Waals surface area contributed by atoms with E-state index in [-0.39, 0.29) is 24.2 Å². The van der Waals surface area contributed by atoms with Gasteiger partial charge in [-0.25, -0.2) is 0 Å². The largest absolute Gasteiger partial charge is 0.426 e. The summed E-state index contributed by atoms with van der Waals surface area (Å²) in [6.07, 6.45) is 0.264. The van der Waals surface area contributed by atoms with Crippen molar-refractivity contribution in [3.05, 3.63) is 76.5 Å². The van der Waals surface area contributed by atoms with Crippen LogP contribution < -0.4 is 15.4 Å². The van der Waals surface area contributed by atoms with Crippen LogP contribution in [0.25, 0.3) is 0 Å². The lowest BCUT2D eigenvalue weighted by molar-refractivity contribution is -0.134. The number of amides is 2. The average molecular weight is 394 g/mol. The predicted molar refractivity (Wildman–Crippen MR) is 109 cm³/mol. The summed E-state index contributed by atoms with van der Waals surface area (Å²) in [7, 11) is 0. The summed E-state index contributed by atoms with van der Waals surface area (Å²) in [5.41, 5.74) is 1.41. The first kappa shape index (κ1) is 19.3. The maximum Gasteiger partial charge on any atom is 0.310 e. The van der Waals surface area contributed by atoms with Crippen LogP contribution >= 0.6 is 11.3 Å². The fourth-order valence-corrected chi connectivity index (χ4v) is 3.00. The highest BCUT2D eigenvalue weighted by Gasteiger charge is 2.11. The molecular formula is C21H18N2O4S. The van der Waals surface area contributed by atoms with Crippen LogP contribution in [0.5, 0.6) is 5.75 Å². The third-order valence-corrected chi connectivity index (χ3v) is 4.61. The Kier molecular flexibility index (Phi) is 6.18. The van der Waals surface area contributed by atoms with Gasteiger partial charge in [0.1, 0.15) is 5.75 Å². The Balaban J connectivity index is 1.68. The topological polar surface area (TPSA) is 84.5 Å². The van der Waals surface area contributed by atoms with Gasteiger partial charge in [-0.3, -0.25) is 14.4 Å². The summed E-state index contributed by atoms with van der Waals surface area (Å²) in [5.74, 6) is -0.552. The highest BCUT2D eigenvalue weighted by Crippen LogP contribution is 2.20. The van der Waals surface area contributed by atoms with Crippen molar-refractivity contribution in [1.29, 1.82) is 0 Å². The number of carbonyl (C=O) groups excluding carboxylic acids is 3. The number of esters is 1. The first-order valence-corrected chi connectivity index (χ1v) is 9.50. The van der Waals surface area contributed by atoms with E-state index in [4.69, 9.17) is 4.74 Å². The van der Waals surface area contributed by atoms with Crippen molar-refractivity contribution in [1.82, 2.24) is 0 Å². The summed E-state index contributed by atoms with van der Waals surface area (Å²) in [5, 5.41) is 7.36. The predicted octanol–water partition coefficient (Wildman–Crippen LogP) is 4.57. The molecule has 1 aromatic heterocycles. The Morgan fingerprint density at radius 2 is 1.61 bits per heavy atom. The van der Waals surface area contributed by atoms with Gasteiger partial charge in [-0.2, -0.15) is 0 Å². The molecule has 28 heavy (non-hydrogen) atoms. The normalized spacial score (nSPS) is 10.2. The van der Waals surface area contributed by atoms with E-state index in [9.17, 15) is 14.4 Å². The van der Waals surface area contributed by atoms with Gasteiger partial charge in [0.25, 0.3) is 11.8 Å². The van der Waals surface area contributed by atoms with E-state index < -0.39 is 0 Å². The molecule has 0 aliphatic rings. The third kappa shape index (κ3) is 5.05. The van der Waals surface area contributed by atoms with Gasteiger partial charge in [-0.05, 0) is 41.8 Å². The lowest BCUT2D eigenvalue weighted by atomic mass is 10.1. The van der Waals surface area contributed by atoms with Gasteiger partial charge in [0.05, 0.1) is 4.88 Å². The summed E-state index contributed by atoms with van der Waals surface area (Å²) >= 11 is 1.34. The molecule has 0 radical (unpaired) electrons. The smallest absolute Gasteiger partial charge is 0.310 e. The number of rotatable bonds is 6. The van der Waals surface area contributed by atoms with Gasteiger partial charge in [-0.1, -0.05) is 25.1 Å². The molecule has 0 bridgehead atoms. The number of ether oxygens (including phenoxy) is 1. The molecule has 0 atom stereocenters. The average Bonchev–Trinajstić information content (AvgIpc) is 3.23. The SMILES string of the molecule is CCC(=O)Oc1cccc(NC(=O)c2cccc(NC(=O)c3cccs3)c2)c1. The minimum Gasteiger partial charge on any atom is -0.426 e. The van der Waals surface area contributed by atoms with Crippen LogP contribution in [0, 0.1) is 0 Å². The molecule has 6 nitrogen and oxygen atoms in total. The third-order valence-electron chi connectivity index (χ3n) is 3.74. The lowest BCUT2D eigenvalue weighted by Gasteiger charge is -2.09. The number of anilines is 2. The zero-order chi connectivity index (χ0) is 19.9. The maximum absolute atomic E-state index is 12.5. The quantitative estimate of drug-likeness (QED) is 0.474. The maximum atomic E-state index is 12.5. The molecule has 0 spiro atoms. The highest BCUT2D eigenvalue weighted by molar-refractivity contribution is 7.12. The fraction of sp³-hybridized carbons (Fsp3) is 0.0952. The molecule has 2 N–H and O–H groups in total. The van der Waals surface area contributed by atoms with Gasteiger partial charge >= 0.3 is 5.97 Å². The van der Waals surface area contributed by atoms with Crippen LogP contribution in [0.2, 0.25) is 0 Å². The fourth-order valence-electron chi connectivity index (χ4n) is 2.38. The molecule has 0 aliphatic heterocycles. The molecule has 2 amide bonds. The van der Waals surface area contributed by atoms with Gasteiger partial charge in [-0.15, -0.1) is 11.3 Å². The van der Waals surface area contributed by atoms with Crippen LogP contribution in [-0.2, 0) is 4.79 Å². The van der Waals surface area contributed by atoms with Crippen LogP contribution in [0.4, 0.5) is 11.4 Å². The summed E-state index contributed by atoms with van der Waals surface area (Å²) < 4.78 is 5.15. The van der Waals surface area contributed by atoms with Crippen LogP contribution in [0.15, 0.2) is 66.0 Å². The second-order valence-corrected chi connectivity index (χ2v) is 6.77. The highest BCUT2D eigenvalue weighted by atomic mass is 32.1. The Hall–Kier alpha value is -3.45. The molecular weight excluding hydrogens is 376 g/mol. The van der Waals surface area contributed by atoms with Crippen LogP contribution in [0.3, 0.4) is 0 Å². The Labute approximate surface area is 166 Å². The van der Waals surface area contributed by atoms with Crippen molar-refractivity contribution in [3.63, 3.8) is 0 Å². The first-order valence-electron chi connectivity index (χ1n) is 8.62. The van der Waals surface area contributed by atoms with E-state index in [2.05, 4.69) is 10.6 Å². The molecule has 0 aliphatic carbocycles. The van der Waals surface area contributed by atoms with Crippen molar-refractivity contribution >= 4 is 40.5 Å². The second kappa shape index (κ2) is 8.96. The number of benzene rings is 2.